The first kappa shape index (κ1) is 22.1. The zero-order valence-corrected chi connectivity index (χ0v) is 18.2. The van der Waals surface area contributed by atoms with Gasteiger partial charge >= 0.3 is 5.97 Å². The first-order chi connectivity index (χ1) is 15.9. The Balaban J connectivity index is 1.88. The Hall–Kier alpha value is -4.07. The number of allylic oxidation sites excluding steroid dienone is 1. The molecular weight excluding hydrogens is 416 g/mol. The molecule has 166 valence electrons. The maximum atomic E-state index is 12.2. The number of carboxylic acids is 1. The van der Waals surface area contributed by atoms with Crippen LogP contribution >= 0.6 is 0 Å². The SMILES string of the molecule is COc1cccc([C@H]2[C@H]3CN(Cc4ccccc4)CC=C3C(C(=O)O)=C(N)C2(C#N)C#N)c1. The van der Waals surface area contributed by atoms with E-state index in [-0.39, 0.29) is 11.3 Å². The molecule has 0 saturated heterocycles. The molecule has 1 heterocycles. The predicted octanol–water partition coefficient (Wildman–Crippen LogP) is 3.18. The number of nitrogens with two attached hydrogens (primary N) is 1. The summed E-state index contributed by atoms with van der Waals surface area (Å²) >= 11 is 0. The van der Waals surface area contributed by atoms with Crippen molar-refractivity contribution in [2.75, 3.05) is 20.2 Å². The van der Waals surface area contributed by atoms with Crippen LogP contribution in [0.5, 0.6) is 5.75 Å². The van der Waals surface area contributed by atoms with Crippen molar-refractivity contribution < 1.29 is 14.6 Å². The van der Waals surface area contributed by atoms with E-state index in [1.165, 1.54) is 0 Å². The van der Waals surface area contributed by atoms with Gasteiger partial charge in [-0.05, 0) is 28.8 Å². The van der Waals surface area contributed by atoms with E-state index < -0.39 is 23.2 Å². The van der Waals surface area contributed by atoms with E-state index in [0.717, 1.165) is 5.56 Å². The highest BCUT2D eigenvalue weighted by Crippen LogP contribution is 2.54. The number of nitrogens with zero attached hydrogens (tertiary/aromatic N) is 3. The van der Waals surface area contributed by atoms with E-state index in [1.54, 1.807) is 25.3 Å². The van der Waals surface area contributed by atoms with E-state index in [9.17, 15) is 20.4 Å². The second-order valence-corrected chi connectivity index (χ2v) is 8.33. The van der Waals surface area contributed by atoms with Crippen molar-refractivity contribution in [1.82, 2.24) is 4.90 Å². The molecule has 7 nitrogen and oxygen atoms in total. The first-order valence-corrected chi connectivity index (χ1v) is 10.6. The lowest BCUT2D eigenvalue weighted by atomic mass is 9.58. The molecule has 7 heteroatoms. The molecule has 33 heavy (non-hydrogen) atoms. The zero-order valence-electron chi connectivity index (χ0n) is 18.2. The Morgan fingerprint density at radius 1 is 1.21 bits per heavy atom. The Kier molecular flexibility index (Phi) is 5.91. The lowest BCUT2D eigenvalue weighted by molar-refractivity contribution is -0.132. The van der Waals surface area contributed by atoms with Crippen LogP contribution < -0.4 is 10.5 Å². The van der Waals surface area contributed by atoms with Crippen LogP contribution in [0.3, 0.4) is 0 Å². The standard InChI is InChI=1S/C26H24N4O3/c1-33-19-9-5-8-18(12-19)23-21-14-30(13-17-6-3-2-4-7-17)11-10-20(21)22(25(31)32)24(29)26(23,15-27)16-28/h2-10,12,21,23H,11,13-14,29H2,1H3,(H,31,32)/t21-,23-/m0/s1. The molecule has 2 atom stereocenters. The van der Waals surface area contributed by atoms with Crippen LogP contribution in [0.25, 0.3) is 0 Å². The van der Waals surface area contributed by atoms with Gasteiger partial charge in [0.15, 0.2) is 5.41 Å². The summed E-state index contributed by atoms with van der Waals surface area (Å²) in [6.45, 7) is 1.69. The smallest absolute Gasteiger partial charge is 0.337 e. The third-order valence-corrected chi connectivity index (χ3v) is 6.54. The van der Waals surface area contributed by atoms with Crippen molar-refractivity contribution in [3.63, 3.8) is 0 Å². The number of rotatable bonds is 5. The monoisotopic (exact) mass is 440 g/mol. The second kappa shape index (κ2) is 8.82. The molecule has 2 aromatic rings. The maximum absolute atomic E-state index is 12.2. The van der Waals surface area contributed by atoms with Crippen molar-refractivity contribution in [2.24, 2.45) is 17.1 Å². The highest BCUT2D eigenvalue weighted by atomic mass is 16.5. The molecule has 2 aromatic carbocycles. The Labute approximate surface area is 192 Å². The van der Waals surface area contributed by atoms with Crippen LogP contribution in [0, 0.1) is 34.0 Å². The Morgan fingerprint density at radius 2 is 1.94 bits per heavy atom. The van der Waals surface area contributed by atoms with E-state index in [0.29, 0.717) is 36.5 Å². The number of methoxy groups -OCH3 is 1. The number of nitriles is 2. The van der Waals surface area contributed by atoms with Gasteiger partial charge in [0.1, 0.15) is 5.75 Å². The number of aliphatic carboxylic acids is 1. The summed E-state index contributed by atoms with van der Waals surface area (Å²) in [6, 6.07) is 21.4. The van der Waals surface area contributed by atoms with Crippen molar-refractivity contribution in [3.05, 3.63) is 88.6 Å². The topological polar surface area (TPSA) is 123 Å². The molecule has 0 aromatic heterocycles. The van der Waals surface area contributed by atoms with E-state index >= 15 is 0 Å². The minimum absolute atomic E-state index is 0.124. The molecule has 0 radical (unpaired) electrons. The lowest BCUT2D eigenvalue weighted by Crippen LogP contribution is -2.48. The molecule has 1 aliphatic carbocycles. The molecule has 3 N–H and O–H groups in total. The third kappa shape index (κ3) is 3.73. The zero-order chi connectivity index (χ0) is 23.6. The first-order valence-electron chi connectivity index (χ1n) is 10.6. The largest absolute Gasteiger partial charge is 0.497 e. The summed E-state index contributed by atoms with van der Waals surface area (Å²) in [5, 5.41) is 30.4. The van der Waals surface area contributed by atoms with Gasteiger partial charge in [-0.1, -0.05) is 48.5 Å². The minimum atomic E-state index is -1.82. The van der Waals surface area contributed by atoms with Gasteiger partial charge in [0.2, 0.25) is 0 Å². The van der Waals surface area contributed by atoms with E-state index in [1.807, 2.05) is 42.5 Å². The van der Waals surface area contributed by atoms with Crippen LogP contribution in [0.15, 0.2) is 77.5 Å². The minimum Gasteiger partial charge on any atom is -0.497 e. The quantitative estimate of drug-likeness (QED) is 0.732. The Bertz CT molecular complexity index is 1210. The molecule has 0 fully saturated rings. The van der Waals surface area contributed by atoms with Crippen LogP contribution in [-0.2, 0) is 11.3 Å². The highest BCUT2D eigenvalue weighted by molar-refractivity contribution is 5.94. The molecule has 0 bridgehead atoms. The maximum Gasteiger partial charge on any atom is 0.337 e. The van der Waals surface area contributed by atoms with Crippen LogP contribution in [0.4, 0.5) is 0 Å². The van der Waals surface area contributed by atoms with Gasteiger partial charge in [0.05, 0.1) is 30.5 Å². The van der Waals surface area contributed by atoms with E-state index in [2.05, 4.69) is 17.0 Å². The summed E-state index contributed by atoms with van der Waals surface area (Å²) in [5.41, 5.74) is 6.59. The fraction of sp³-hybridized carbons (Fsp3) is 0.269. The van der Waals surface area contributed by atoms with Gasteiger partial charge in [-0.15, -0.1) is 0 Å². The molecule has 2 aliphatic rings. The summed E-state index contributed by atoms with van der Waals surface area (Å²) in [5.74, 6) is -1.70. The fourth-order valence-corrected chi connectivity index (χ4v) is 5.04. The molecule has 0 spiro atoms. The fourth-order valence-electron chi connectivity index (χ4n) is 5.04. The second-order valence-electron chi connectivity index (χ2n) is 8.33. The van der Waals surface area contributed by atoms with Gasteiger partial charge < -0.3 is 15.6 Å². The van der Waals surface area contributed by atoms with Crippen LogP contribution in [0.2, 0.25) is 0 Å². The highest BCUT2D eigenvalue weighted by Gasteiger charge is 2.55. The average Bonchev–Trinajstić information content (AvgIpc) is 2.84. The van der Waals surface area contributed by atoms with Gasteiger partial charge in [-0.2, -0.15) is 10.5 Å². The number of fused-ring (bicyclic) bond motifs is 1. The third-order valence-electron chi connectivity index (χ3n) is 6.54. The predicted molar refractivity (Wildman–Crippen MR) is 122 cm³/mol. The average molecular weight is 441 g/mol. The number of carbonyl (C=O) groups is 1. The molecule has 0 saturated carbocycles. The van der Waals surface area contributed by atoms with E-state index in [4.69, 9.17) is 10.5 Å². The molecule has 1 aliphatic heterocycles. The van der Waals surface area contributed by atoms with Gasteiger partial charge in [-0.3, -0.25) is 4.90 Å². The van der Waals surface area contributed by atoms with Crippen molar-refractivity contribution >= 4 is 5.97 Å². The van der Waals surface area contributed by atoms with Crippen LogP contribution in [0.1, 0.15) is 17.0 Å². The van der Waals surface area contributed by atoms with Gasteiger partial charge in [-0.25, -0.2) is 4.79 Å². The molecule has 0 unspecified atom stereocenters. The van der Waals surface area contributed by atoms with Crippen LogP contribution in [-0.4, -0.2) is 36.2 Å². The number of hydrogen-bond donors (Lipinski definition) is 2. The van der Waals surface area contributed by atoms with Crippen molar-refractivity contribution in [3.8, 4) is 17.9 Å². The Morgan fingerprint density at radius 3 is 2.58 bits per heavy atom. The molecular formula is C26H24N4O3. The lowest BCUT2D eigenvalue weighted by Gasteiger charge is -2.46. The summed E-state index contributed by atoms with van der Waals surface area (Å²) in [6.07, 6.45) is 1.87. The number of benzene rings is 2. The normalized spacial score (nSPS) is 21.8. The van der Waals surface area contributed by atoms with Gasteiger partial charge in [0.25, 0.3) is 0 Å². The molecule has 0 amide bonds. The van der Waals surface area contributed by atoms with Gasteiger partial charge in [0, 0.05) is 31.5 Å². The molecule has 4 rings (SSSR count). The van der Waals surface area contributed by atoms with Crippen molar-refractivity contribution in [1.29, 1.82) is 10.5 Å². The summed E-state index contributed by atoms with van der Waals surface area (Å²) in [7, 11) is 1.55. The number of carboxylic acid groups (broad SMARTS) is 1. The van der Waals surface area contributed by atoms with Crippen molar-refractivity contribution in [2.45, 2.75) is 12.5 Å². The number of hydrogen-bond acceptors (Lipinski definition) is 6. The number of ether oxygens (including phenoxy) is 1. The summed E-state index contributed by atoms with van der Waals surface area (Å²) < 4.78 is 5.38. The summed E-state index contributed by atoms with van der Waals surface area (Å²) in [4.78, 5) is 14.4.